The summed E-state index contributed by atoms with van der Waals surface area (Å²) in [4.78, 5) is 12.3. The first kappa shape index (κ1) is 17.2. The van der Waals surface area contributed by atoms with Crippen LogP contribution in [-0.4, -0.2) is 20.2 Å². The Kier molecular flexibility index (Phi) is 4.85. The van der Waals surface area contributed by atoms with E-state index in [9.17, 15) is 13.2 Å². The van der Waals surface area contributed by atoms with Crippen molar-refractivity contribution in [3.63, 3.8) is 0 Å². The van der Waals surface area contributed by atoms with Crippen LogP contribution < -0.4 is 10.6 Å². The fourth-order valence-electron chi connectivity index (χ4n) is 2.71. The van der Waals surface area contributed by atoms with E-state index in [4.69, 9.17) is 0 Å². The minimum atomic E-state index is -3.69. The largest absolute Gasteiger partial charge is 0.342 e. The van der Waals surface area contributed by atoms with Gasteiger partial charge in [0.15, 0.2) is 0 Å². The number of hydrogen-bond acceptors (Lipinski definition) is 4. The van der Waals surface area contributed by atoms with Gasteiger partial charge in [-0.1, -0.05) is 37.3 Å². The summed E-state index contributed by atoms with van der Waals surface area (Å²) in [6.07, 6.45) is 0.646. The van der Waals surface area contributed by atoms with Crippen molar-refractivity contribution in [2.75, 3.05) is 10.6 Å². The Morgan fingerprint density at radius 2 is 1.80 bits per heavy atom. The molecule has 0 aromatic heterocycles. The summed E-state index contributed by atoms with van der Waals surface area (Å²) in [5, 5.41) is 5.87. The zero-order valence-electron chi connectivity index (χ0n) is 13.8. The average Bonchev–Trinajstić information content (AvgIpc) is 2.54. The normalized spacial score (nSPS) is 16.1. The number of carbonyl (C=O) groups is 1. The number of sulfonamides is 1. The molecule has 2 N–H and O–H groups in total. The van der Waals surface area contributed by atoms with Crippen LogP contribution in [0.5, 0.6) is 0 Å². The van der Waals surface area contributed by atoms with E-state index < -0.39 is 10.0 Å². The molecule has 0 aliphatic carbocycles. The first-order valence-corrected chi connectivity index (χ1v) is 9.43. The second-order valence-corrected chi connectivity index (χ2v) is 7.63. The van der Waals surface area contributed by atoms with Gasteiger partial charge in [0.2, 0.25) is 5.91 Å². The molecule has 0 saturated carbocycles. The van der Waals surface area contributed by atoms with Gasteiger partial charge in [-0.3, -0.25) is 4.79 Å². The van der Waals surface area contributed by atoms with Gasteiger partial charge < -0.3 is 10.6 Å². The van der Waals surface area contributed by atoms with Crippen LogP contribution in [0.3, 0.4) is 0 Å². The van der Waals surface area contributed by atoms with Gasteiger partial charge in [0.05, 0.1) is 5.69 Å². The zero-order chi connectivity index (χ0) is 17.9. The summed E-state index contributed by atoms with van der Waals surface area (Å²) < 4.78 is 28.3. The van der Waals surface area contributed by atoms with E-state index in [0.717, 1.165) is 5.69 Å². The highest BCUT2D eigenvalue weighted by Crippen LogP contribution is 2.28. The van der Waals surface area contributed by atoms with Crippen LogP contribution in [0.4, 0.5) is 11.4 Å². The molecule has 0 fully saturated rings. The highest BCUT2D eigenvalue weighted by atomic mass is 32.2. The molecule has 1 aliphatic heterocycles. The molecule has 0 radical (unpaired) electrons. The molecule has 130 valence electrons. The molecule has 3 rings (SSSR count). The van der Waals surface area contributed by atoms with E-state index in [1.54, 1.807) is 18.2 Å². The summed E-state index contributed by atoms with van der Waals surface area (Å²) in [5.41, 5.74) is 1.26. The maximum Gasteiger partial charge on any atom is 0.286 e. The molecule has 1 aliphatic rings. The summed E-state index contributed by atoms with van der Waals surface area (Å²) in [7, 11) is -3.69. The van der Waals surface area contributed by atoms with Crippen LogP contribution in [0.15, 0.2) is 63.9 Å². The summed E-state index contributed by atoms with van der Waals surface area (Å²) >= 11 is 0. The van der Waals surface area contributed by atoms with E-state index in [0.29, 0.717) is 17.9 Å². The van der Waals surface area contributed by atoms with E-state index in [1.807, 2.05) is 37.3 Å². The number of nitrogens with zero attached hydrogens (tertiary/aromatic N) is 1. The smallest absolute Gasteiger partial charge is 0.286 e. The fourth-order valence-corrected chi connectivity index (χ4v) is 3.86. The van der Waals surface area contributed by atoms with Gasteiger partial charge in [0.1, 0.15) is 10.7 Å². The van der Waals surface area contributed by atoms with Crippen molar-refractivity contribution in [2.45, 2.75) is 24.7 Å². The monoisotopic (exact) mass is 357 g/mol. The van der Waals surface area contributed by atoms with Crippen LogP contribution in [0, 0.1) is 5.92 Å². The Morgan fingerprint density at radius 3 is 2.56 bits per heavy atom. The number of hydrogen-bond donors (Lipinski definition) is 2. The SMILES string of the molecule is C[C@@H](CC(=O)Nc1ccccc1)CC1=NS(=O)(=O)c2ccccc2N1. The molecule has 2 aromatic rings. The molecule has 1 heterocycles. The molecule has 25 heavy (non-hydrogen) atoms. The lowest BCUT2D eigenvalue weighted by Crippen LogP contribution is -2.25. The second kappa shape index (κ2) is 7.06. The van der Waals surface area contributed by atoms with Crippen molar-refractivity contribution in [1.29, 1.82) is 0 Å². The number of amides is 1. The van der Waals surface area contributed by atoms with Crippen LogP contribution in [0.1, 0.15) is 19.8 Å². The lowest BCUT2D eigenvalue weighted by Gasteiger charge is -2.20. The van der Waals surface area contributed by atoms with Crippen molar-refractivity contribution >= 4 is 33.1 Å². The first-order chi connectivity index (χ1) is 11.9. The lowest BCUT2D eigenvalue weighted by molar-refractivity contribution is -0.116. The molecule has 2 aromatic carbocycles. The van der Waals surface area contributed by atoms with Gasteiger partial charge in [-0.15, -0.1) is 4.40 Å². The Bertz CT molecular complexity index is 908. The van der Waals surface area contributed by atoms with Crippen molar-refractivity contribution in [3.8, 4) is 0 Å². The fraction of sp³-hybridized carbons (Fsp3) is 0.222. The third kappa shape index (κ3) is 4.24. The number of anilines is 2. The minimum Gasteiger partial charge on any atom is -0.342 e. The van der Waals surface area contributed by atoms with Gasteiger partial charge in [0.25, 0.3) is 10.0 Å². The Labute approximate surface area is 147 Å². The highest BCUT2D eigenvalue weighted by molar-refractivity contribution is 7.90. The number of carbonyl (C=O) groups excluding carboxylic acids is 1. The number of para-hydroxylation sites is 2. The Balaban J connectivity index is 1.63. The number of nitrogens with one attached hydrogen (secondary N) is 2. The van der Waals surface area contributed by atoms with E-state index in [-0.39, 0.29) is 23.1 Å². The molecule has 7 heteroatoms. The lowest BCUT2D eigenvalue weighted by atomic mass is 10.0. The average molecular weight is 357 g/mol. The van der Waals surface area contributed by atoms with Crippen molar-refractivity contribution in [3.05, 3.63) is 54.6 Å². The summed E-state index contributed by atoms with van der Waals surface area (Å²) in [5.74, 6) is 0.188. The molecular formula is C18H19N3O3S. The molecule has 6 nitrogen and oxygen atoms in total. The van der Waals surface area contributed by atoms with Gasteiger partial charge in [-0.05, 0) is 30.2 Å². The number of rotatable bonds is 5. The molecule has 0 unspecified atom stereocenters. The van der Waals surface area contributed by atoms with Crippen LogP contribution in [-0.2, 0) is 14.8 Å². The highest BCUT2D eigenvalue weighted by Gasteiger charge is 2.25. The van der Waals surface area contributed by atoms with Gasteiger partial charge >= 0.3 is 0 Å². The Hall–Kier alpha value is -2.67. The molecule has 0 bridgehead atoms. The quantitative estimate of drug-likeness (QED) is 0.860. The predicted molar refractivity (Wildman–Crippen MR) is 98.2 cm³/mol. The number of fused-ring (bicyclic) bond motifs is 1. The second-order valence-electron chi connectivity index (χ2n) is 6.06. The first-order valence-electron chi connectivity index (χ1n) is 7.99. The third-order valence-corrected chi connectivity index (χ3v) is 5.18. The molecule has 0 saturated heterocycles. The van der Waals surface area contributed by atoms with Crippen LogP contribution >= 0.6 is 0 Å². The van der Waals surface area contributed by atoms with Crippen LogP contribution in [0.25, 0.3) is 0 Å². The van der Waals surface area contributed by atoms with Gasteiger partial charge in [-0.25, -0.2) is 0 Å². The number of benzene rings is 2. The topological polar surface area (TPSA) is 87.6 Å². The maximum absolute atomic E-state index is 12.2. The van der Waals surface area contributed by atoms with Gasteiger partial charge in [0, 0.05) is 18.5 Å². The minimum absolute atomic E-state index is 0.0598. The molecule has 1 atom stereocenters. The van der Waals surface area contributed by atoms with Crippen molar-refractivity contribution in [1.82, 2.24) is 0 Å². The molecular weight excluding hydrogens is 338 g/mol. The molecule has 0 spiro atoms. The van der Waals surface area contributed by atoms with E-state index in [1.165, 1.54) is 6.07 Å². The van der Waals surface area contributed by atoms with E-state index in [2.05, 4.69) is 15.0 Å². The van der Waals surface area contributed by atoms with E-state index >= 15 is 0 Å². The molecule has 1 amide bonds. The Morgan fingerprint density at radius 1 is 1.12 bits per heavy atom. The zero-order valence-corrected chi connectivity index (χ0v) is 14.6. The third-order valence-electron chi connectivity index (χ3n) is 3.81. The summed E-state index contributed by atoms with van der Waals surface area (Å²) in [6, 6.07) is 15.9. The van der Waals surface area contributed by atoms with Crippen molar-refractivity contribution < 1.29 is 13.2 Å². The van der Waals surface area contributed by atoms with Crippen LogP contribution in [0.2, 0.25) is 0 Å². The predicted octanol–water partition coefficient (Wildman–Crippen LogP) is 3.25. The maximum atomic E-state index is 12.2. The van der Waals surface area contributed by atoms with Gasteiger partial charge in [-0.2, -0.15) is 8.42 Å². The standard InChI is InChI=1S/C18H19N3O3S/c1-13(12-18(22)19-14-7-3-2-4-8-14)11-17-20-15-9-5-6-10-16(15)25(23,24)21-17/h2-10,13H,11-12H2,1H3,(H,19,22)(H,20,21)/t13-/m1/s1. The summed E-state index contributed by atoms with van der Waals surface area (Å²) in [6.45, 7) is 1.89. The number of amidine groups is 1. The van der Waals surface area contributed by atoms with Crippen molar-refractivity contribution in [2.24, 2.45) is 10.3 Å².